The van der Waals surface area contributed by atoms with Crippen molar-refractivity contribution in [2.75, 3.05) is 0 Å². The fourth-order valence-corrected chi connectivity index (χ4v) is 6.98. The van der Waals surface area contributed by atoms with Crippen LogP contribution in [0.5, 0.6) is 0 Å². The summed E-state index contributed by atoms with van der Waals surface area (Å²) in [4.78, 5) is 0. The third-order valence-electron chi connectivity index (χ3n) is 8.78. The first kappa shape index (κ1) is 18.6. The molecule has 10 aromatic rings. The van der Waals surface area contributed by atoms with Crippen LogP contribution in [0.3, 0.4) is 0 Å². The average molecular weight is 554 g/mol. The molecule has 0 unspecified atom stereocenters. The van der Waals surface area contributed by atoms with Gasteiger partial charge in [0.25, 0.3) is 0 Å². The molecule has 7 aromatic carbocycles. The standard InChI is InChI=1S/C40H24N2O/c1-2-11-26(12-3-1)41-35-21-18-25-10-4-5-13-28(25)40(35)33-23-32-29-14-6-8-16-34(29)42(36(32)24-37(33)41)27-19-20-31-30-15-7-9-17-38(30)43-39(31)22-27/h1-24H/i1D,2D,3D,11D,12D. The molecule has 0 amide bonds. The van der Waals surface area contributed by atoms with E-state index in [1.165, 1.54) is 0 Å². The zero-order chi connectivity index (χ0) is 32.4. The number of aromatic nitrogens is 2. The lowest BCUT2D eigenvalue weighted by Gasteiger charge is -2.10. The van der Waals surface area contributed by atoms with Crippen LogP contribution in [0.25, 0.3) is 87.7 Å². The molecular formula is C40H24N2O. The van der Waals surface area contributed by atoms with Gasteiger partial charge in [-0.1, -0.05) is 84.9 Å². The van der Waals surface area contributed by atoms with E-state index in [1.807, 2.05) is 59.2 Å². The molecular weight excluding hydrogens is 524 g/mol. The number of hydrogen-bond donors (Lipinski definition) is 0. The van der Waals surface area contributed by atoms with E-state index in [-0.39, 0.29) is 29.9 Å². The fraction of sp³-hybridized carbons (Fsp3) is 0. The highest BCUT2D eigenvalue weighted by Crippen LogP contribution is 2.42. The number of hydrogen-bond acceptors (Lipinski definition) is 1. The Kier molecular flexibility index (Phi) is 3.62. The Labute approximate surface area is 253 Å². The number of benzene rings is 7. The Morgan fingerprint density at radius 2 is 1.16 bits per heavy atom. The SMILES string of the molecule is [2H]c1c([2H])c([2H])c(-n2c3cc4c(cc3c3c5ccccc5ccc32)c2ccccc2n4-c2ccc3c(c2)oc2ccccc23)c([2H])c1[2H]. The normalized spacial score (nSPS) is 13.8. The fourth-order valence-electron chi connectivity index (χ4n) is 6.98. The Morgan fingerprint density at radius 1 is 0.442 bits per heavy atom. The first-order valence-electron chi connectivity index (χ1n) is 16.8. The van der Waals surface area contributed by atoms with E-state index in [1.54, 1.807) is 0 Å². The summed E-state index contributed by atoms with van der Waals surface area (Å²) in [6.07, 6.45) is 0. The van der Waals surface area contributed by atoms with Crippen LogP contribution >= 0.6 is 0 Å². The van der Waals surface area contributed by atoms with Gasteiger partial charge >= 0.3 is 0 Å². The Hall–Kier alpha value is -5.80. The van der Waals surface area contributed by atoms with E-state index < -0.39 is 6.04 Å². The number of fused-ring (bicyclic) bond motifs is 11. The maximum Gasteiger partial charge on any atom is 0.137 e. The molecule has 0 fully saturated rings. The van der Waals surface area contributed by atoms with Crippen molar-refractivity contribution in [3.8, 4) is 11.4 Å². The van der Waals surface area contributed by atoms with E-state index in [0.717, 1.165) is 82.0 Å². The third-order valence-corrected chi connectivity index (χ3v) is 8.78. The van der Waals surface area contributed by atoms with Crippen LogP contribution in [0.2, 0.25) is 0 Å². The first-order valence-corrected chi connectivity index (χ1v) is 14.3. The van der Waals surface area contributed by atoms with Crippen molar-refractivity contribution in [1.29, 1.82) is 0 Å². The van der Waals surface area contributed by atoms with Gasteiger partial charge in [-0.25, -0.2) is 0 Å². The summed E-state index contributed by atoms with van der Waals surface area (Å²) in [6.45, 7) is 0. The van der Waals surface area contributed by atoms with Gasteiger partial charge in [0, 0.05) is 49.8 Å². The van der Waals surface area contributed by atoms with Crippen LogP contribution < -0.4 is 0 Å². The lowest BCUT2D eigenvalue weighted by atomic mass is 10.0. The maximum absolute atomic E-state index is 8.97. The summed E-state index contributed by atoms with van der Waals surface area (Å²) < 4.78 is 53.6. The molecule has 0 aliphatic heterocycles. The Bertz CT molecular complexity index is 2990. The van der Waals surface area contributed by atoms with E-state index in [9.17, 15) is 0 Å². The molecule has 10 rings (SSSR count). The van der Waals surface area contributed by atoms with Gasteiger partial charge in [-0.05, 0) is 65.3 Å². The van der Waals surface area contributed by atoms with Gasteiger partial charge in [-0.2, -0.15) is 0 Å². The van der Waals surface area contributed by atoms with E-state index in [0.29, 0.717) is 0 Å². The topological polar surface area (TPSA) is 23.0 Å². The zero-order valence-corrected chi connectivity index (χ0v) is 22.8. The van der Waals surface area contributed by atoms with Crippen molar-refractivity contribution >= 4 is 76.3 Å². The second kappa shape index (κ2) is 8.37. The van der Waals surface area contributed by atoms with Crippen LogP contribution in [0, 0.1) is 0 Å². The summed E-state index contributed by atoms with van der Waals surface area (Å²) in [7, 11) is 0. The smallest absolute Gasteiger partial charge is 0.137 e. The highest BCUT2D eigenvalue weighted by Gasteiger charge is 2.20. The second-order valence-electron chi connectivity index (χ2n) is 11.0. The lowest BCUT2D eigenvalue weighted by Crippen LogP contribution is -1.95. The first-order chi connectivity index (χ1) is 23.4. The molecule has 3 aromatic heterocycles. The van der Waals surface area contributed by atoms with Gasteiger partial charge in [-0.15, -0.1) is 0 Å². The Balaban J connectivity index is 1.39. The maximum atomic E-state index is 8.97. The van der Waals surface area contributed by atoms with Crippen LogP contribution in [0.4, 0.5) is 0 Å². The van der Waals surface area contributed by atoms with Gasteiger partial charge in [0.1, 0.15) is 11.2 Å². The van der Waals surface area contributed by atoms with Crippen molar-refractivity contribution in [1.82, 2.24) is 9.13 Å². The molecule has 0 aliphatic rings. The average Bonchev–Trinajstić information content (AvgIpc) is 3.76. The summed E-state index contributed by atoms with van der Waals surface area (Å²) in [5.74, 6) is 0. The van der Waals surface area contributed by atoms with Crippen molar-refractivity contribution in [2.24, 2.45) is 0 Å². The molecule has 43 heavy (non-hydrogen) atoms. The third kappa shape index (κ3) is 3.08. The summed E-state index contributed by atoms with van der Waals surface area (Å²) in [5.41, 5.74) is 6.17. The molecule has 0 spiro atoms. The van der Waals surface area contributed by atoms with Gasteiger partial charge < -0.3 is 13.6 Å². The zero-order valence-electron chi connectivity index (χ0n) is 27.8. The van der Waals surface area contributed by atoms with Gasteiger partial charge in [0.05, 0.1) is 28.9 Å². The molecule has 0 radical (unpaired) electrons. The summed E-state index contributed by atoms with van der Waals surface area (Å²) in [6, 6.07) is 37.5. The van der Waals surface area contributed by atoms with E-state index >= 15 is 0 Å². The monoisotopic (exact) mass is 553 g/mol. The molecule has 0 saturated carbocycles. The molecule has 200 valence electrons. The number of rotatable bonds is 2. The number of para-hydroxylation sites is 3. The van der Waals surface area contributed by atoms with Crippen molar-refractivity contribution < 1.29 is 11.3 Å². The van der Waals surface area contributed by atoms with E-state index in [2.05, 4.69) is 65.2 Å². The van der Waals surface area contributed by atoms with Gasteiger partial charge in [0.2, 0.25) is 0 Å². The molecule has 0 N–H and O–H groups in total. The highest BCUT2D eigenvalue weighted by molar-refractivity contribution is 6.25. The minimum Gasteiger partial charge on any atom is -0.456 e. The van der Waals surface area contributed by atoms with Crippen LogP contribution in [-0.2, 0) is 0 Å². The van der Waals surface area contributed by atoms with Crippen molar-refractivity contribution in [3.05, 3.63) is 145 Å². The summed E-state index contributed by atoms with van der Waals surface area (Å²) in [5, 5.41) is 8.26. The van der Waals surface area contributed by atoms with Crippen LogP contribution in [0.1, 0.15) is 6.85 Å². The number of furan rings is 1. The summed E-state index contributed by atoms with van der Waals surface area (Å²) >= 11 is 0. The largest absolute Gasteiger partial charge is 0.456 e. The lowest BCUT2D eigenvalue weighted by molar-refractivity contribution is 0.668. The molecule has 0 saturated heterocycles. The highest BCUT2D eigenvalue weighted by atomic mass is 16.3. The van der Waals surface area contributed by atoms with Crippen LogP contribution in [-0.4, -0.2) is 9.13 Å². The predicted octanol–water partition coefficient (Wildman–Crippen LogP) is 10.9. The van der Waals surface area contributed by atoms with Crippen molar-refractivity contribution in [3.63, 3.8) is 0 Å². The second-order valence-corrected chi connectivity index (χ2v) is 11.0. The number of nitrogens with zero attached hydrogens (tertiary/aromatic N) is 2. The van der Waals surface area contributed by atoms with E-state index in [4.69, 9.17) is 11.3 Å². The quantitative estimate of drug-likeness (QED) is 0.209. The molecule has 0 bridgehead atoms. The molecule has 3 heterocycles. The molecule has 3 nitrogen and oxygen atoms in total. The predicted molar refractivity (Wildman–Crippen MR) is 180 cm³/mol. The molecule has 3 heteroatoms. The Morgan fingerprint density at radius 3 is 2.07 bits per heavy atom. The van der Waals surface area contributed by atoms with Crippen LogP contribution in [0.15, 0.2) is 150 Å². The minimum absolute atomic E-state index is 0.127. The minimum atomic E-state index is -0.413. The molecule has 0 aliphatic carbocycles. The van der Waals surface area contributed by atoms with Gasteiger partial charge in [-0.3, -0.25) is 0 Å². The van der Waals surface area contributed by atoms with Crippen molar-refractivity contribution in [2.45, 2.75) is 0 Å². The van der Waals surface area contributed by atoms with Gasteiger partial charge in [0.15, 0.2) is 0 Å². The molecule has 0 atom stereocenters.